The summed E-state index contributed by atoms with van der Waals surface area (Å²) in [5, 5.41) is 6.18. The van der Waals surface area contributed by atoms with Gasteiger partial charge in [-0.25, -0.2) is 9.59 Å². The molecule has 2 aliphatic heterocycles. The summed E-state index contributed by atoms with van der Waals surface area (Å²) in [4.78, 5) is 40.1. The fourth-order valence-corrected chi connectivity index (χ4v) is 6.69. The number of hydrogen-bond donors (Lipinski definition) is 1. The molecule has 44 heavy (non-hydrogen) atoms. The smallest absolute Gasteiger partial charge is 0.336 e. The zero-order chi connectivity index (χ0) is 31.1. The van der Waals surface area contributed by atoms with E-state index in [0.29, 0.717) is 34.5 Å². The van der Waals surface area contributed by atoms with E-state index in [1.54, 1.807) is 38.1 Å². The van der Waals surface area contributed by atoms with Gasteiger partial charge in [0.1, 0.15) is 5.69 Å². The van der Waals surface area contributed by atoms with E-state index in [1.807, 2.05) is 0 Å². The van der Waals surface area contributed by atoms with Crippen molar-refractivity contribution in [2.75, 3.05) is 33.4 Å². The molecule has 3 aromatic carbocycles. The zero-order valence-corrected chi connectivity index (χ0v) is 25.5. The van der Waals surface area contributed by atoms with Crippen molar-refractivity contribution in [3.8, 4) is 0 Å². The van der Waals surface area contributed by atoms with E-state index >= 15 is 0 Å². The SMILES string of the molecule is COC(=O)C1=C(C)NC(C)=C(C(=O)OCCCN2CCC(c3ccccc3)(c3ccccc3)CC2)C1c1cccc(N=O)c1. The highest BCUT2D eigenvalue weighted by Crippen LogP contribution is 2.42. The summed E-state index contributed by atoms with van der Waals surface area (Å²) in [5.74, 6) is -1.83. The predicted molar refractivity (Wildman–Crippen MR) is 170 cm³/mol. The molecule has 1 N–H and O–H groups in total. The molecule has 0 saturated carbocycles. The van der Waals surface area contributed by atoms with Crippen molar-refractivity contribution < 1.29 is 19.1 Å². The number of ether oxygens (including phenoxy) is 2. The van der Waals surface area contributed by atoms with Crippen LogP contribution < -0.4 is 5.32 Å². The summed E-state index contributed by atoms with van der Waals surface area (Å²) in [5.41, 5.74) is 5.25. The summed E-state index contributed by atoms with van der Waals surface area (Å²) >= 11 is 0. The van der Waals surface area contributed by atoms with Crippen LogP contribution in [0.25, 0.3) is 0 Å². The average molecular weight is 594 g/mol. The molecule has 0 aliphatic carbocycles. The predicted octanol–water partition coefficient (Wildman–Crippen LogP) is 6.51. The van der Waals surface area contributed by atoms with Gasteiger partial charge in [-0.3, -0.25) is 0 Å². The van der Waals surface area contributed by atoms with Gasteiger partial charge in [0.25, 0.3) is 0 Å². The maximum atomic E-state index is 13.6. The summed E-state index contributed by atoms with van der Waals surface area (Å²) in [6.07, 6.45) is 2.71. The summed E-state index contributed by atoms with van der Waals surface area (Å²) in [6, 6.07) is 28.1. The lowest BCUT2D eigenvalue weighted by Gasteiger charge is -2.43. The number of carbonyl (C=O) groups is 2. The Kier molecular flexibility index (Phi) is 9.70. The minimum atomic E-state index is -0.760. The second kappa shape index (κ2) is 13.8. The summed E-state index contributed by atoms with van der Waals surface area (Å²) < 4.78 is 10.9. The quantitative estimate of drug-likeness (QED) is 0.163. The number of benzene rings is 3. The van der Waals surface area contributed by atoms with E-state index < -0.39 is 17.9 Å². The van der Waals surface area contributed by atoms with Crippen molar-refractivity contribution in [1.82, 2.24) is 10.2 Å². The number of allylic oxidation sites excluding steroid dienone is 2. The fraction of sp³-hybridized carbons (Fsp3) is 0.333. The van der Waals surface area contributed by atoms with Gasteiger partial charge in [0.2, 0.25) is 0 Å². The van der Waals surface area contributed by atoms with E-state index in [4.69, 9.17) is 9.47 Å². The number of methoxy groups -OCH3 is 1. The maximum Gasteiger partial charge on any atom is 0.336 e. The molecule has 1 atom stereocenters. The highest BCUT2D eigenvalue weighted by molar-refractivity contribution is 5.99. The highest BCUT2D eigenvalue weighted by atomic mass is 16.5. The molecule has 0 bridgehead atoms. The standard InChI is InChI=1S/C36H39N3O5/c1-25-31(34(40)43-3)33(27-12-10-17-30(24-27)38-42)32(26(2)37-25)35(41)44-23-11-20-39-21-18-36(19-22-39,28-13-6-4-7-14-28)29-15-8-5-9-16-29/h4-10,12-17,24,33,37H,11,18-23H2,1-3H3. The number of esters is 2. The van der Waals surface area contributed by atoms with Gasteiger partial charge >= 0.3 is 11.9 Å². The Morgan fingerprint density at radius 1 is 0.864 bits per heavy atom. The topological polar surface area (TPSA) is 97.3 Å². The molecule has 0 aromatic heterocycles. The van der Waals surface area contributed by atoms with Crippen LogP contribution in [0.1, 0.15) is 55.7 Å². The Balaban J connectivity index is 1.24. The molecule has 0 amide bonds. The third-order valence-electron chi connectivity index (χ3n) is 8.91. The van der Waals surface area contributed by atoms with Crippen molar-refractivity contribution in [3.05, 3.63) is 129 Å². The number of dihydropyridines is 1. The molecule has 2 aliphatic rings. The van der Waals surface area contributed by atoms with Crippen LogP contribution in [0.3, 0.4) is 0 Å². The lowest BCUT2D eigenvalue weighted by molar-refractivity contribution is -0.139. The third kappa shape index (κ3) is 6.36. The van der Waals surface area contributed by atoms with Crippen molar-refractivity contribution in [2.24, 2.45) is 5.18 Å². The molecule has 8 heteroatoms. The second-order valence-electron chi connectivity index (χ2n) is 11.5. The molecule has 3 aromatic rings. The lowest BCUT2D eigenvalue weighted by Crippen LogP contribution is -2.43. The Morgan fingerprint density at radius 3 is 2.02 bits per heavy atom. The number of rotatable bonds is 10. The molecular formula is C36H39N3O5. The Hall–Kier alpha value is -4.56. The number of likely N-dealkylation sites (tertiary alicyclic amines) is 1. The monoisotopic (exact) mass is 593 g/mol. The van der Waals surface area contributed by atoms with Crippen LogP contribution in [0.2, 0.25) is 0 Å². The minimum Gasteiger partial charge on any atom is -0.466 e. The molecule has 228 valence electrons. The molecule has 5 rings (SSSR count). The number of carbonyl (C=O) groups excluding carboxylic acids is 2. The van der Waals surface area contributed by atoms with Gasteiger partial charge < -0.3 is 19.7 Å². The molecule has 8 nitrogen and oxygen atoms in total. The maximum absolute atomic E-state index is 13.6. The Bertz CT molecular complexity index is 1520. The summed E-state index contributed by atoms with van der Waals surface area (Å²) in [6.45, 7) is 6.49. The van der Waals surface area contributed by atoms with Gasteiger partial charge in [-0.2, -0.15) is 0 Å². The molecule has 1 fully saturated rings. The second-order valence-corrected chi connectivity index (χ2v) is 11.5. The molecule has 0 radical (unpaired) electrons. The van der Waals surface area contributed by atoms with Gasteiger partial charge in [0.15, 0.2) is 0 Å². The Labute approximate surface area is 258 Å². The number of nitroso groups, excluding NO2 is 1. The fourth-order valence-electron chi connectivity index (χ4n) is 6.69. The highest BCUT2D eigenvalue weighted by Gasteiger charge is 2.39. The first-order chi connectivity index (χ1) is 21.4. The Morgan fingerprint density at radius 2 is 1.45 bits per heavy atom. The van der Waals surface area contributed by atoms with E-state index in [1.165, 1.54) is 18.2 Å². The number of nitrogens with zero attached hydrogens (tertiary/aromatic N) is 2. The van der Waals surface area contributed by atoms with Crippen molar-refractivity contribution in [1.29, 1.82) is 0 Å². The first-order valence-corrected chi connectivity index (χ1v) is 15.1. The number of piperidine rings is 1. The van der Waals surface area contributed by atoms with E-state index in [9.17, 15) is 14.5 Å². The third-order valence-corrected chi connectivity index (χ3v) is 8.91. The van der Waals surface area contributed by atoms with Crippen LogP contribution in [0.15, 0.2) is 113 Å². The van der Waals surface area contributed by atoms with Crippen LogP contribution in [-0.2, 0) is 24.5 Å². The van der Waals surface area contributed by atoms with Crippen LogP contribution in [0, 0.1) is 4.91 Å². The molecule has 2 heterocycles. The largest absolute Gasteiger partial charge is 0.466 e. The van der Waals surface area contributed by atoms with Gasteiger partial charge in [-0.15, -0.1) is 4.91 Å². The van der Waals surface area contributed by atoms with Crippen LogP contribution in [-0.4, -0.2) is 50.2 Å². The normalized spacial score (nSPS) is 18.4. The minimum absolute atomic E-state index is 0.0157. The first kappa shape index (κ1) is 30.9. The van der Waals surface area contributed by atoms with Crippen LogP contribution >= 0.6 is 0 Å². The van der Waals surface area contributed by atoms with Crippen molar-refractivity contribution >= 4 is 17.6 Å². The van der Waals surface area contributed by atoms with E-state index in [0.717, 1.165) is 32.5 Å². The van der Waals surface area contributed by atoms with Gasteiger partial charge in [0.05, 0.1) is 30.8 Å². The molecule has 0 spiro atoms. The molecular weight excluding hydrogens is 554 g/mol. The number of hydrogen-bond acceptors (Lipinski definition) is 8. The average Bonchev–Trinajstić information content (AvgIpc) is 3.07. The van der Waals surface area contributed by atoms with Crippen LogP contribution in [0.5, 0.6) is 0 Å². The first-order valence-electron chi connectivity index (χ1n) is 15.1. The lowest BCUT2D eigenvalue weighted by atomic mass is 9.68. The number of nitrogens with one attached hydrogen (secondary N) is 1. The van der Waals surface area contributed by atoms with Gasteiger partial charge in [-0.05, 0) is 80.2 Å². The summed E-state index contributed by atoms with van der Waals surface area (Å²) in [7, 11) is 1.30. The molecule has 1 saturated heterocycles. The van der Waals surface area contributed by atoms with E-state index in [2.05, 4.69) is 76.1 Å². The van der Waals surface area contributed by atoms with Crippen molar-refractivity contribution in [2.45, 2.75) is 44.4 Å². The van der Waals surface area contributed by atoms with Gasteiger partial charge in [0, 0.05) is 23.4 Å². The zero-order valence-electron chi connectivity index (χ0n) is 25.5. The van der Waals surface area contributed by atoms with Crippen molar-refractivity contribution in [3.63, 3.8) is 0 Å². The van der Waals surface area contributed by atoms with E-state index in [-0.39, 0.29) is 17.7 Å². The van der Waals surface area contributed by atoms with Gasteiger partial charge in [-0.1, -0.05) is 72.8 Å². The van der Waals surface area contributed by atoms with Crippen LogP contribution in [0.4, 0.5) is 5.69 Å². The molecule has 1 unspecified atom stereocenters.